The van der Waals surface area contributed by atoms with Crippen LogP contribution < -0.4 is 16.0 Å². The van der Waals surface area contributed by atoms with E-state index in [9.17, 15) is 28.8 Å². The zero-order valence-corrected chi connectivity index (χ0v) is 24.6. The lowest BCUT2D eigenvalue weighted by molar-refractivity contribution is -0.152. The lowest BCUT2D eigenvalue weighted by atomic mass is 10.2. The van der Waals surface area contributed by atoms with Gasteiger partial charge in [-0.1, -0.05) is 0 Å². The summed E-state index contributed by atoms with van der Waals surface area (Å²) in [6.07, 6.45) is -0.651. The quantitative estimate of drug-likeness (QED) is 0.0326. The number of hydrogen-bond acceptors (Lipinski definition) is 13. The van der Waals surface area contributed by atoms with E-state index in [0.29, 0.717) is 32.2 Å². The molecule has 0 heterocycles. The molecule has 248 valence electrons. The normalized spacial score (nSPS) is 13.8. The summed E-state index contributed by atoms with van der Waals surface area (Å²) in [5.74, 6) is -6.23. The summed E-state index contributed by atoms with van der Waals surface area (Å²) in [6, 6.07) is -3.40. The highest BCUT2D eigenvalue weighted by molar-refractivity contribution is 5.83. The smallest absolute Gasteiger partial charge is 0.323 e. The minimum atomic E-state index is -1.29. The van der Waals surface area contributed by atoms with Crippen LogP contribution in [0.1, 0.15) is 58.8 Å². The third-order valence-corrected chi connectivity index (χ3v) is 5.64. The molecule has 0 amide bonds. The number of aliphatic carboxylic acids is 4. The molecule has 0 aromatic carbocycles. The molecule has 0 saturated carbocycles. The van der Waals surface area contributed by atoms with Crippen LogP contribution in [0.15, 0.2) is 0 Å². The van der Waals surface area contributed by atoms with Gasteiger partial charge in [0.2, 0.25) is 0 Å². The molecule has 0 aromatic heterocycles. The zero-order chi connectivity index (χ0) is 32.6. The maximum Gasteiger partial charge on any atom is 0.323 e. The first-order valence-corrected chi connectivity index (χ1v) is 14.1. The molecule has 0 aromatic rings. The fourth-order valence-electron chi connectivity index (χ4n) is 3.60. The zero-order valence-electron chi connectivity index (χ0n) is 24.6. The van der Waals surface area contributed by atoms with Gasteiger partial charge in [0.15, 0.2) is 6.29 Å². The second-order valence-electron chi connectivity index (χ2n) is 9.17. The summed E-state index contributed by atoms with van der Waals surface area (Å²) in [5.41, 5.74) is 0. The van der Waals surface area contributed by atoms with Crippen molar-refractivity contribution in [2.75, 3.05) is 46.1 Å². The number of carbonyl (C=O) groups excluding carboxylic acids is 2. The lowest BCUT2D eigenvalue weighted by Gasteiger charge is -2.21. The molecule has 0 fully saturated rings. The van der Waals surface area contributed by atoms with E-state index in [0.717, 1.165) is 0 Å². The van der Waals surface area contributed by atoms with E-state index in [1.54, 1.807) is 13.8 Å². The van der Waals surface area contributed by atoms with Crippen LogP contribution in [0.5, 0.6) is 0 Å². The van der Waals surface area contributed by atoms with Crippen molar-refractivity contribution in [2.24, 2.45) is 0 Å². The molecule has 0 bridgehead atoms. The highest BCUT2D eigenvalue weighted by atomic mass is 16.7. The molecule has 0 saturated heterocycles. The van der Waals surface area contributed by atoms with E-state index in [1.165, 1.54) is 0 Å². The third-order valence-electron chi connectivity index (χ3n) is 5.64. The number of hydrogen-bond donors (Lipinski definition) is 7. The van der Waals surface area contributed by atoms with Crippen LogP contribution in [0.3, 0.4) is 0 Å². The molecular weight excluding hydrogens is 578 g/mol. The molecule has 3 atom stereocenters. The van der Waals surface area contributed by atoms with Crippen LogP contribution >= 0.6 is 0 Å². The Bertz CT molecular complexity index is 828. The highest BCUT2D eigenvalue weighted by Gasteiger charge is 2.24. The third kappa shape index (κ3) is 21.0. The van der Waals surface area contributed by atoms with E-state index in [2.05, 4.69) is 16.0 Å². The van der Waals surface area contributed by atoms with Crippen molar-refractivity contribution in [2.45, 2.75) is 83.2 Å². The minimum absolute atomic E-state index is 0.136. The summed E-state index contributed by atoms with van der Waals surface area (Å²) in [7, 11) is 0. The van der Waals surface area contributed by atoms with E-state index >= 15 is 0 Å². The maximum absolute atomic E-state index is 12.2. The molecule has 0 aliphatic carbocycles. The van der Waals surface area contributed by atoms with Crippen molar-refractivity contribution in [1.29, 1.82) is 0 Å². The van der Waals surface area contributed by atoms with Crippen LogP contribution in [0, 0.1) is 0 Å². The Labute approximate surface area is 249 Å². The van der Waals surface area contributed by atoms with Crippen molar-refractivity contribution >= 4 is 35.8 Å². The van der Waals surface area contributed by atoms with Gasteiger partial charge in [-0.2, -0.15) is 0 Å². The van der Waals surface area contributed by atoms with Gasteiger partial charge in [-0.05, 0) is 59.2 Å². The van der Waals surface area contributed by atoms with Crippen LogP contribution in [0.4, 0.5) is 0 Å². The first-order chi connectivity index (χ1) is 20.4. The van der Waals surface area contributed by atoms with Gasteiger partial charge < -0.3 is 55.3 Å². The van der Waals surface area contributed by atoms with Gasteiger partial charge in [0.25, 0.3) is 0 Å². The molecule has 43 heavy (non-hydrogen) atoms. The fraction of sp³-hybridized carbons (Fsp3) is 0.769. The monoisotopic (exact) mass is 623 g/mol. The molecule has 17 nitrogen and oxygen atoms in total. The molecule has 3 unspecified atom stereocenters. The SMILES string of the molecule is CCOC(=O)CC(NCCCC(OCCCNC(CC(=O)O)C(=O)O)OCCCNC(CC(=O)O)C(=O)O)C(=O)OCC. The molecule has 0 spiro atoms. The predicted molar refractivity (Wildman–Crippen MR) is 147 cm³/mol. The van der Waals surface area contributed by atoms with Gasteiger partial charge in [0.1, 0.15) is 18.1 Å². The van der Waals surface area contributed by atoms with Crippen molar-refractivity contribution in [1.82, 2.24) is 16.0 Å². The first-order valence-electron chi connectivity index (χ1n) is 14.1. The standard InChI is InChI=1S/C26H45N3O14/c1-3-40-22(34)16-19(26(39)41-4-2)29-9-5-8-23(42-12-6-10-27-17(24(35)36)14-20(30)31)43-13-7-11-28-18(25(37)38)15-21(32)33/h17-19,23,27-29H,3-16H2,1-2H3,(H,30,31)(H,32,33)(H,35,36)(H,37,38). The van der Waals surface area contributed by atoms with Crippen LogP contribution in [-0.2, 0) is 47.7 Å². The number of esters is 2. The van der Waals surface area contributed by atoms with E-state index < -0.39 is 73.1 Å². The average molecular weight is 624 g/mol. The predicted octanol–water partition coefficient (Wildman–Crippen LogP) is -0.584. The fourth-order valence-corrected chi connectivity index (χ4v) is 3.60. The van der Waals surface area contributed by atoms with Crippen molar-refractivity contribution in [3.63, 3.8) is 0 Å². The van der Waals surface area contributed by atoms with E-state index in [-0.39, 0.29) is 45.9 Å². The maximum atomic E-state index is 12.2. The Balaban J connectivity index is 4.91. The Morgan fingerprint density at radius 3 is 1.47 bits per heavy atom. The summed E-state index contributed by atoms with van der Waals surface area (Å²) >= 11 is 0. The second-order valence-corrected chi connectivity index (χ2v) is 9.17. The number of carboxylic acid groups (broad SMARTS) is 4. The Morgan fingerprint density at radius 2 is 1.05 bits per heavy atom. The molecule has 7 N–H and O–H groups in total. The number of carboxylic acids is 4. The van der Waals surface area contributed by atoms with Crippen LogP contribution in [-0.4, -0.2) is 127 Å². The summed E-state index contributed by atoms with van der Waals surface area (Å²) in [6.45, 7) is 4.50. The molecule has 17 heteroatoms. The molecule has 0 radical (unpaired) electrons. The number of nitrogens with one attached hydrogen (secondary N) is 3. The van der Waals surface area contributed by atoms with Gasteiger partial charge in [-0.3, -0.25) is 28.8 Å². The number of rotatable bonds is 28. The van der Waals surface area contributed by atoms with Crippen LogP contribution in [0.2, 0.25) is 0 Å². The summed E-state index contributed by atoms with van der Waals surface area (Å²) in [5, 5.41) is 44.1. The van der Waals surface area contributed by atoms with Gasteiger partial charge in [-0.15, -0.1) is 0 Å². The summed E-state index contributed by atoms with van der Waals surface area (Å²) in [4.78, 5) is 68.1. The first kappa shape index (κ1) is 39.6. The van der Waals surface area contributed by atoms with E-state index in [1.807, 2.05) is 0 Å². The van der Waals surface area contributed by atoms with Gasteiger partial charge in [0.05, 0.1) is 45.7 Å². The molecule has 0 aliphatic heterocycles. The average Bonchev–Trinajstić information content (AvgIpc) is 2.92. The van der Waals surface area contributed by atoms with Crippen LogP contribution in [0.25, 0.3) is 0 Å². The topological polar surface area (TPSA) is 256 Å². The van der Waals surface area contributed by atoms with Gasteiger partial charge in [-0.25, -0.2) is 0 Å². The molecular formula is C26H45N3O14. The Hall–Kier alpha value is -3.38. The Morgan fingerprint density at radius 1 is 0.605 bits per heavy atom. The largest absolute Gasteiger partial charge is 0.481 e. The van der Waals surface area contributed by atoms with Gasteiger partial charge in [0, 0.05) is 0 Å². The number of carbonyl (C=O) groups is 6. The lowest BCUT2D eigenvalue weighted by Crippen LogP contribution is -2.41. The number of ether oxygens (including phenoxy) is 4. The molecule has 0 rings (SSSR count). The second kappa shape index (κ2) is 24.1. The Kier molecular flexibility index (Phi) is 22.2. The van der Waals surface area contributed by atoms with Crippen molar-refractivity contribution in [3.05, 3.63) is 0 Å². The van der Waals surface area contributed by atoms with Crippen molar-refractivity contribution in [3.8, 4) is 0 Å². The summed E-state index contributed by atoms with van der Waals surface area (Å²) < 4.78 is 21.4. The van der Waals surface area contributed by atoms with Crippen molar-refractivity contribution < 1.29 is 68.1 Å². The molecule has 0 aliphatic rings. The van der Waals surface area contributed by atoms with E-state index in [4.69, 9.17) is 39.4 Å². The minimum Gasteiger partial charge on any atom is -0.481 e. The van der Waals surface area contributed by atoms with Gasteiger partial charge >= 0.3 is 35.8 Å². The highest BCUT2D eigenvalue weighted by Crippen LogP contribution is 2.08.